The molecular formula is C19H22ClNO3S. The molecule has 0 aliphatic heterocycles. The Morgan fingerprint density at radius 1 is 1.28 bits per heavy atom. The van der Waals surface area contributed by atoms with Gasteiger partial charge < -0.3 is 10.1 Å². The number of benzene rings is 1. The molecule has 1 fully saturated rings. The molecule has 1 atom stereocenters. The van der Waals surface area contributed by atoms with Crippen LogP contribution in [0.5, 0.6) is 0 Å². The van der Waals surface area contributed by atoms with E-state index in [0.29, 0.717) is 22.2 Å². The summed E-state index contributed by atoms with van der Waals surface area (Å²) in [5.41, 5.74) is 0. The molecule has 1 unspecified atom stereocenters. The van der Waals surface area contributed by atoms with Gasteiger partial charge in [-0.3, -0.25) is 4.79 Å². The predicted molar refractivity (Wildman–Crippen MR) is 101 cm³/mol. The van der Waals surface area contributed by atoms with Crippen LogP contribution in [0.25, 0.3) is 10.1 Å². The highest BCUT2D eigenvalue weighted by Gasteiger charge is 2.27. The molecule has 1 aliphatic rings. The smallest absolute Gasteiger partial charge is 0.328 e. The number of hydrogen-bond donors (Lipinski definition) is 1. The summed E-state index contributed by atoms with van der Waals surface area (Å²) in [7, 11) is 1.36. The number of hydrogen-bond acceptors (Lipinski definition) is 4. The summed E-state index contributed by atoms with van der Waals surface area (Å²) in [5.74, 6) is -0.133. The number of thiophene rings is 1. The third kappa shape index (κ3) is 4.53. The van der Waals surface area contributed by atoms with E-state index in [1.165, 1.54) is 37.7 Å². The summed E-state index contributed by atoms with van der Waals surface area (Å²) in [6, 6.07) is 6.79. The van der Waals surface area contributed by atoms with Crippen LogP contribution in [-0.2, 0) is 9.53 Å². The van der Waals surface area contributed by atoms with Crippen LogP contribution in [0.3, 0.4) is 0 Å². The standard InChI is InChI=1S/C19H22ClNO3S/c1-24-19(23)15(9-12-5-3-2-4-6-12)21-18(22)17-10-13-7-8-14(20)11-16(13)25-17/h7-8,10-12,15H,2-6,9H2,1H3,(H,21,22). The fourth-order valence-electron chi connectivity index (χ4n) is 3.46. The van der Waals surface area contributed by atoms with Gasteiger partial charge in [0.2, 0.25) is 0 Å². The quantitative estimate of drug-likeness (QED) is 0.759. The van der Waals surface area contributed by atoms with Crippen LogP contribution in [0.1, 0.15) is 48.2 Å². The van der Waals surface area contributed by atoms with Gasteiger partial charge in [0.15, 0.2) is 0 Å². The molecular weight excluding hydrogens is 358 g/mol. The number of carbonyl (C=O) groups is 2. The average Bonchev–Trinajstić information content (AvgIpc) is 3.04. The fraction of sp³-hybridized carbons (Fsp3) is 0.474. The summed E-state index contributed by atoms with van der Waals surface area (Å²) in [6.45, 7) is 0. The van der Waals surface area contributed by atoms with Crippen molar-refractivity contribution in [1.29, 1.82) is 0 Å². The van der Waals surface area contributed by atoms with Crippen molar-refractivity contribution >= 4 is 44.9 Å². The van der Waals surface area contributed by atoms with Crippen molar-refractivity contribution in [2.24, 2.45) is 5.92 Å². The highest BCUT2D eigenvalue weighted by Crippen LogP contribution is 2.30. The van der Waals surface area contributed by atoms with Crippen LogP contribution in [0, 0.1) is 5.92 Å². The first kappa shape index (κ1) is 18.2. The van der Waals surface area contributed by atoms with E-state index in [0.717, 1.165) is 22.9 Å². The zero-order chi connectivity index (χ0) is 17.8. The molecule has 1 heterocycles. The van der Waals surface area contributed by atoms with Crippen molar-refractivity contribution in [3.63, 3.8) is 0 Å². The van der Waals surface area contributed by atoms with Crippen molar-refractivity contribution in [3.05, 3.63) is 34.2 Å². The Hall–Kier alpha value is -1.59. The first-order valence-electron chi connectivity index (χ1n) is 8.64. The molecule has 4 nitrogen and oxygen atoms in total. The molecule has 0 saturated heterocycles. The molecule has 0 bridgehead atoms. The molecule has 3 rings (SSSR count). The maximum absolute atomic E-state index is 12.6. The van der Waals surface area contributed by atoms with E-state index in [9.17, 15) is 9.59 Å². The maximum atomic E-state index is 12.6. The van der Waals surface area contributed by atoms with E-state index >= 15 is 0 Å². The lowest BCUT2D eigenvalue weighted by molar-refractivity contribution is -0.143. The zero-order valence-electron chi connectivity index (χ0n) is 14.2. The number of rotatable bonds is 5. The number of halogens is 1. The van der Waals surface area contributed by atoms with E-state index in [1.54, 1.807) is 6.07 Å². The van der Waals surface area contributed by atoms with Gasteiger partial charge in [0, 0.05) is 9.72 Å². The Labute approximate surface area is 156 Å². The minimum absolute atomic E-state index is 0.233. The Morgan fingerprint density at radius 2 is 2.04 bits per heavy atom. The zero-order valence-corrected chi connectivity index (χ0v) is 15.8. The molecule has 1 aliphatic carbocycles. The number of nitrogens with one attached hydrogen (secondary N) is 1. The molecule has 0 spiro atoms. The molecule has 0 radical (unpaired) electrons. The topological polar surface area (TPSA) is 55.4 Å². The normalized spacial score (nSPS) is 16.6. The summed E-state index contributed by atoms with van der Waals surface area (Å²) < 4.78 is 5.86. The van der Waals surface area contributed by atoms with E-state index in [-0.39, 0.29) is 11.9 Å². The van der Waals surface area contributed by atoms with Crippen LogP contribution in [0.2, 0.25) is 5.02 Å². The van der Waals surface area contributed by atoms with Gasteiger partial charge in [-0.05, 0) is 35.9 Å². The first-order chi connectivity index (χ1) is 12.1. The van der Waals surface area contributed by atoms with Gasteiger partial charge in [-0.2, -0.15) is 0 Å². The summed E-state index contributed by atoms with van der Waals surface area (Å²) >= 11 is 7.38. The molecule has 1 saturated carbocycles. The second kappa shape index (κ2) is 8.19. The van der Waals surface area contributed by atoms with Gasteiger partial charge in [-0.1, -0.05) is 49.8 Å². The second-order valence-electron chi connectivity index (χ2n) is 6.58. The van der Waals surface area contributed by atoms with E-state index < -0.39 is 6.04 Å². The molecule has 2 aromatic rings. The van der Waals surface area contributed by atoms with Crippen LogP contribution < -0.4 is 5.32 Å². The third-order valence-corrected chi connectivity index (χ3v) is 6.12. The Balaban J connectivity index is 1.72. The molecule has 6 heteroatoms. The second-order valence-corrected chi connectivity index (χ2v) is 8.10. The fourth-order valence-corrected chi connectivity index (χ4v) is 4.70. The van der Waals surface area contributed by atoms with Gasteiger partial charge >= 0.3 is 5.97 Å². The van der Waals surface area contributed by atoms with E-state index in [2.05, 4.69) is 5.32 Å². The summed E-state index contributed by atoms with van der Waals surface area (Å²) in [6.07, 6.45) is 6.54. The summed E-state index contributed by atoms with van der Waals surface area (Å²) in [5, 5.41) is 4.49. The van der Waals surface area contributed by atoms with Crippen molar-refractivity contribution in [1.82, 2.24) is 5.32 Å². The van der Waals surface area contributed by atoms with E-state index in [1.807, 2.05) is 18.2 Å². The van der Waals surface area contributed by atoms with Crippen molar-refractivity contribution in [2.75, 3.05) is 7.11 Å². The lowest BCUT2D eigenvalue weighted by atomic mass is 9.85. The number of carbonyl (C=O) groups excluding carboxylic acids is 2. The number of esters is 1. The van der Waals surface area contributed by atoms with Gasteiger partial charge in [0.1, 0.15) is 6.04 Å². The predicted octanol–water partition coefficient (Wildman–Crippen LogP) is 4.80. The summed E-state index contributed by atoms with van der Waals surface area (Å²) in [4.78, 5) is 25.3. The largest absolute Gasteiger partial charge is 0.467 e. The van der Waals surface area contributed by atoms with Crippen molar-refractivity contribution in [3.8, 4) is 0 Å². The average molecular weight is 380 g/mol. The minimum Gasteiger partial charge on any atom is -0.467 e. The van der Waals surface area contributed by atoms with Crippen LogP contribution in [0.4, 0.5) is 0 Å². The molecule has 1 amide bonds. The molecule has 1 aromatic heterocycles. The number of fused-ring (bicyclic) bond motifs is 1. The number of amides is 1. The lowest BCUT2D eigenvalue weighted by Gasteiger charge is -2.25. The SMILES string of the molecule is COC(=O)C(CC1CCCCC1)NC(=O)c1cc2ccc(Cl)cc2s1. The van der Waals surface area contributed by atoms with Gasteiger partial charge in [0.25, 0.3) is 5.91 Å². The lowest BCUT2D eigenvalue weighted by Crippen LogP contribution is -2.42. The van der Waals surface area contributed by atoms with Gasteiger partial charge in [0.05, 0.1) is 12.0 Å². The highest BCUT2D eigenvalue weighted by molar-refractivity contribution is 7.20. The van der Waals surface area contributed by atoms with Gasteiger partial charge in [-0.15, -0.1) is 11.3 Å². The monoisotopic (exact) mass is 379 g/mol. The Kier molecular flexibility index (Phi) is 5.97. The third-order valence-electron chi connectivity index (χ3n) is 4.79. The van der Waals surface area contributed by atoms with Crippen molar-refractivity contribution < 1.29 is 14.3 Å². The minimum atomic E-state index is -0.589. The van der Waals surface area contributed by atoms with Crippen LogP contribution >= 0.6 is 22.9 Å². The Morgan fingerprint density at radius 3 is 2.76 bits per heavy atom. The number of ether oxygens (including phenoxy) is 1. The van der Waals surface area contributed by atoms with Crippen LogP contribution in [0.15, 0.2) is 24.3 Å². The van der Waals surface area contributed by atoms with E-state index in [4.69, 9.17) is 16.3 Å². The van der Waals surface area contributed by atoms with Gasteiger partial charge in [-0.25, -0.2) is 4.79 Å². The molecule has 1 N–H and O–H groups in total. The molecule has 134 valence electrons. The molecule has 1 aromatic carbocycles. The number of methoxy groups -OCH3 is 1. The highest BCUT2D eigenvalue weighted by atomic mass is 35.5. The van der Waals surface area contributed by atoms with Crippen LogP contribution in [-0.4, -0.2) is 25.0 Å². The maximum Gasteiger partial charge on any atom is 0.328 e. The first-order valence-corrected chi connectivity index (χ1v) is 9.84. The molecule has 25 heavy (non-hydrogen) atoms. The van der Waals surface area contributed by atoms with Crippen molar-refractivity contribution in [2.45, 2.75) is 44.6 Å². The Bertz CT molecular complexity index is 767.